The van der Waals surface area contributed by atoms with Gasteiger partial charge in [-0.15, -0.1) is 0 Å². The van der Waals surface area contributed by atoms with Gasteiger partial charge in [0.05, 0.1) is 18.8 Å². The third-order valence-electron chi connectivity index (χ3n) is 3.46. The van der Waals surface area contributed by atoms with Crippen LogP contribution in [-0.2, 0) is 9.59 Å². The summed E-state index contributed by atoms with van der Waals surface area (Å²) in [7, 11) is 1.49. The molecule has 2 unspecified atom stereocenters. The number of carbonyl (C=O) groups is 2. The van der Waals surface area contributed by atoms with E-state index in [9.17, 15) is 9.59 Å². The quantitative estimate of drug-likeness (QED) is 0.676. The standard InChI is InChI=1S/C16H23ClN2O4/c1-5-6-12(16(21)22)18-10(3)15(20)19-13-7-9(2)11(17)8-14(13)23-4/h7-8,10,12,18H,5-6H2,1-4H3,(H,19,20)(H,21,22). The molecule has 1 aromatic carbocycles. The molecule has 0 fully saturated rings. The SMILES string of the molecule is CCCC(NC(C)C(=O)Nc1cc(C)c(Cl)cc1OC)C(=O)O. The molecule has 23 heavy (non-hydrogen) atoms. The average molecular weight is 343 g/mol. The molecule has 0 heterocycles. The molecular formula is C16H23ClN2O4. The van der Waals surface area contributed by atoms with Gasteiger partial charge >= 0.3 is 5.97 Å². The number of ether oxygens (including phenoxy) is 1. The minimum atomic E-state index is -0.966. The topological polar surface area (TPSA) is 87.7 Å². The lowest BCUT2D eigenvalue weighted by Crippen LogP contribution is -2.47. The second kappa shape index (κ2) is 8.74. The molecule has 0 aliphatic carbocycles. The summed E-state index contributed by atoms with van der Waals surface area (Å²) in [5.74, 6) is -0.858. The second-order valence-electron chi connectivity index (χ2n) is 5.36. The van der Waals surface area contributed by atoms with Crippen LogP contribution in [0.25, 0.3) is 0 Å². The van der Waals surface area contributed by atoms with Gasteiger partial charge in [-0.25, -0.2) is 0 Å². The number of amides is 1. The van der Waals surface area contributed by atoms with Crippen LogP contribution in [0.1, 0.15) is 32.3 Å². The van der Waals surface area contributed by atoms with Crippen molar-refractivity contribution in [3.63, 3.8) is 0 Å². The van der Waals surface area contributed by atoms with E-state index in [-0.39, 0.29) is 5.91 Å². The Kier molecular flexibility index (Phi) is 7.32. The molecule has 0 saturated heterocycles. The lowest BCUT2D eigenvalue weighted by molar-refractivity contribution is -0.140. The van der Waals surface area contributed by atoms with Gasteiger partial charge in [0.1, 0.15) is 11.8 Å². The van der Waals surface area contributed by atoms with Crippen molar-refractivity contribution in [2.45, 2.75) is 45.7 Å². The van der Waals surface area contributed by atoms with Crippen molar-refractivity contribution in [1.29, 1.82) is 0 Å². The molecule has 0 aliphatic rings. The van der Waals surface area contributed by atoms with Crippen molar-refractivity contribution < 1.29 is 19.4 Å². The zero-order valence-corrected chi connectivity index (χ0v) is 14.5. The van der Waals surface area contributed by atoms with E-state index in [1.54, 1.807) is 19.1 Å². The summed E-state index contributed by atoms with van der Waals surface area (Å²) in [4.78, 5) is 23.4. The van der Waals surface area contributed by atoms with Crippen LogP contribution in [0.2, 0.25) is 5.02 Å². The number of halogens is 1. The molecule has 1 aromatic rings. The Morgan fingerprint density at radius 3 is 2.57 bits per heavy atom. The van der Waals surface area contributed by atoms with E-state index in [1.807, 2.05) is 13.8 Å². The number of carbonyl (C=O) groups excluding carboxylic acids is 1. The Morgan fingerprint density at radius 1 is 1.39 bits per heavy atom. The largest absolute Gasteiger partial charge is 0.495 e. The van der Waals surface area contributed by atoms with Crippen molar-refractivity contribution >= 4 is 29.2 Å². The number of carboxylic acids is 1. The third kappa shape index (κ3) is 5.41. The second-order valence-corrected chi connectivity index (χ2v) is 5.77. The zero-order chi connectivity index (χ0) is 17.6. The van der Waals surface area contributed by atoms with Crippen LogP contribution in [0.5, 0.6) is 5.75 Å². The maximum absolute atomic E-state index is 12.3. The Morgan fingerprint density at radius 2 is 2.04 bits per heavy atom. The molecule has 0 spiro atoms. The molecule has 0 bridgehead atoms. The van der Waals surface area contributed by atoms with Gasteiger partial charge in [-0.05, 0) is 31.9 Å². The van der Waals surface area contributed by atoms with Gasteiger partial charge in [0, 0.05) is 11.1 Å². The van der Waals surface area contributed by atoms with Gasteiger partial charge in [-0.2, -0.15) is 0 Å². The highest BCUT2D eigenvalue weighted by Gasteiger charge is 2.23. The normalized spacial score (nSPS) is 13.3. The van der Waals surface area contributed by atoms with E-state index in [1.165, 1.54) is 7.11 Å². The van der Waals surface area contributed by atoms with Gasteiger partial charge in [-0.1, -0.05) is 24.9 Å². The highest BCUT2D eigenvalue weighted by atomic mass is 35.5. The number of anilines is 1. The number of hydrogen-bond donors (Lipinski definition) is 3. The smallest absolute Gasteiger partial charge is 0.320 e. The maximum atomic E-state index is 12.3. The Balaban J connectivity index is 2.82. The van der Waals surface area contributed by atoms with Gasteiger partial charge < -0.3 is 15.2 Å². The zero-order valence-electron chi connectivity index (χ0n) is 13.8. The molecule has 1 amide bonds. The number of benzene rings is 1. The first kappa shape index (κ1) is 19.3. The van der Waals surface area contributed by atoms with Crippen LogP contribution < -0.4 is 15.4 Å². The van der Waals surface area contributed by atoms with Crippen molar-refractivity contribution in [3.05, 3.63) is 22.7 Å². The van der Waals surface area contributed by atoms with E-state index in [4.69, 9.17) is 21.4 Å². The number of carboxylic acid groups (broad SMARTS) is 1. The maximum Gasteiger partial charge on any atom is 0.320 e. The Bertz CT molecular complexity index is 577. The van der Waals surface area contributed by atoms with Crippen LogP contribution in [-0.4, -0.2) is 36.2 Å². The number of methoxy groups -OCH3 is 1. The summed E-state index contributed by atoms with van der Waals surface area (Å²) in [6.07, 6.45) is 1.17. The van der Waals surface area contributed by atoms with Crippen molar-refractivity contribution in [1.82, 2.24) is 5.32 Å². The molecular weight excluding hydrogens is 320 g/mol. The van der Waals surface area contributed by atoms with Crippen LogP contribution in [0, 0.1) is 6.92 Å². The fourth-order valence-electron chi connectivity index (χ4n) is 2.12. The van der Waals surface area contributed by atoms with E-state index in [2.05, 4.69) is 10.6 Å². The summed E-state index contributed by atoms with van der Waals surface area (Å²) in [5, 5.41) is 15.2. The summed E-state index contributed by atoms with van der Waals surface area (Å²) in [6, 6.07) is 1.92. The predicted octanol–water partition coefficient (Wildman–Crippen LogP) is 2.83. The van der Waals surface area contributed by atoms with E-state index in [0.717, 1.165) is 5.56 Å². The van der Waals surface area contributed by atoms with Gasteiger partial charge in [0.25, 0.3) is 0 Å². The first-order chi connectivity index (χ1) is 10.8. The lowest BCUT2D eigenvalue weighted by Gasteiger charge is -2.20. The number of aliphatic carboxylic acids is 1. The van der Waals surface area contributed by atoms with E-state index < -0.39 is 18.1 Å². The number of hydrogen-bond acceptors (Lipinski definition) is 4. The molecule has 7 heteroatoms. The van der Waals surface area contributed by atoms with Gasteiger partial charge in [0.2, 0.25) is 5.91 Å². The Hall–Kier alpha value is -1.79. The summed E-state index contributed by atoms with van der Waals surface area (Å²) in [6.45, 7) is 5.33. The molecule has 0 saturated carbocycles. The molecule has 2 atom stereocenters. The van der Waals surface area contributed by atoms with Crippen LogP contribution in [0.15, 0.2) is 12.1 Å². The summed E-state index contributed by atoms with van der Waals surface area (Å²) < 4.78 is 5.21. The highest BCUT2D eigenvalue weighted by Crippen LogP contribution is 2.30. The molecule has 0 radical (unpaired) electrons. The monoisotopic (exact) mass is 342 g/mol. The van der Waals surface area contributed by atoms with Crippen molar-refractivity contribution in [2.75, 3.05) is 12.4 Å². The molecule has 0 aliphatic heterocycles. The van der Waals surface area contributed by atoms with Crippen LogP contribution in [0.4, 0.5) is 5.69 Å². The van der Waals surface area contributed by atoms with E-state index >= 15 is 0 Å². The van der Waals surface area contributed by atoms with E-state index in [0.29, 0.717) is 29.3 Å². The van der Waals surface area contributed by atoms with Crippen molar-refractivity contribution in [2.24, 2.45) is 0 Å². The fraction of sp³-hybridized carbons (Fsp3) is 0.500. The minimum absolute atomic E-state index is 0.340. The molecule has 6 nitrogen and oxygen atoms in total. The number of nitrogens with one attached hydrogen (secondary N) is 2. The van der Waals surface area contributed by atoms with Crippen LogP contribution >= 0.6 is 11.6 Å². The minimum Gasteiger partial charge on any atom is -0.495 e. The predicted molar refractivity (Wildman–Crippen MR) is 90.3 cm³/mol. The number of rotatable bonds is 8. The molecule has 128 valence electrons. The first-order valence-electron chi connectivity index (χ1n) is 7.44. The lowest BCUT2D eigenvalue weighted by atomic mass is 10.1. The van der Waals surface area contributed by atoms with Gasteiger partial charge in [0.15, 0.2) is 0 Å². The number of aryl methyl sites for hydroxylation is 1. The Labute approximate surface area is 141 Å². The summed E-state index contributed by atoms with van der Waals surface area (Å²) in [5.41, 5.74) is 1.30. The third-order valence-corrected chi connectivity index (χ3v) is 3.87. The first-order valence-corrected chi connectivity index (χ1v) is 7.81. The molecule has 0 aromatic heterocycles. The fourth-order valence-corrected chi connectivity index (χ4v) is 2.27. The van der Waals surface area contributed by atoms with Crippen LogP contribution in [0.3, 0.4) is 0 Å². The molecule has 1 rings (SSSR count). The van der Waals surface area contributed by atoms with Gasteiger partial charge in [-0.3, -0.25) is 14.9 Å². The summed E-state index contributed by atoms with van der Waals surface area (Å²) >= 11 is 6.03. The average Bonchev–Trinajstić information content (AvgIpc) is 2.49. The molecule has 3 N–H and O–H groups in total. The highest BCUT2D eigenvalue weighted by molar-refractivity contribution is 6.31. The van der Waals surface area contributed by atoms with Crippen molar-refractivity contribution in [3.8, 4) is 5.75 Å².